The highest BCUT2D eigenvalue weighted by atomic mass is 79.9. The topological polar surface area (TPSA) is 77.8 Å². The van der Waals surface area contributed by atoms with Gasteiger partial charge in [-0.05, 0) is 22.9 Å². The monoisotopic (exact) mass is 258 g/mol. The molecule has 0 saturated carbocycles. The quantitative estimate of drug-likeness (QED) is 0.708. The highest BCUT2D eigenvalue weighted by Crippen LogP contribution is 2.36. The summed E-state index contributed by atoms with van der Waals surface area (Å²) in [5, 5.41) is 0. The number of fused-ring (bicyclic) bond motifs is 1. The number of nitrogens with two attached hydrogens (primary N) is 2. The summed E-state index contributed by atoms with van der Waals surface area (Å²) in [5.41, 5.74) is 15.2. The van der Waals surface area contributed by atoms with Gasteiger partial charge in [-0.1, -0.05) is 0 Å². The molecule has 2 rings (SSSR count). The first kappa shape index (κ1) is 8.71. The highest BCUT2D eigenvalue weighted by molar-refractivity contribution is 9.10. The normalized spacial score (nSPS) is 10.9. The summed E-state index contributed by atoms with van der Waals surface area (Å²) in [4.78, 5) is 0. The summed E-state index contributed by atoms with van der Waals surface area (Å²) in [6.07, 6.45) is 0. The van der Waals surface area contributed by atoms with Crippen molar-refractivity contribution in [1.82, 2.24) is 8.75 Å². The molecule has 0 bridgehead atoms. The fraction of sp³-hybridized carbons (Fsp3) is 0.143. The van der Waals surface area contributed by atoms with Crippen molar-refractivity contribution < 1.29 is 0 Å². The second-order valence-electron chi connectivity index (χ2n) is 2.73. The number of aromatic nitrogens is 2. The van der Waals surface area contributed by atoms with E-state index in [-0.39, 0.29) is 0 Å². The Morgan fingerprint density at radius 3 is 2.46 bits per heavy atom. The van der Waals surface area contributed by atoms with E-state index in [1.54, 1.807) is 0 Å². The van der Waals surface area contributed by atoms with E-state index in [9.17, 15) is 0 Å². The number of rotatable bonds is 0. The molecule has 1 heterocycles. The van der Waals surface area contributed by atoms with Gasteiger partial charge < -0.3 is 11.5 Å². The van der Waals surface area contributed by atoms with Gasteiger partial charge in [0.15, 0.2) is 0 Å². The predicted octanol–water partition coefficient (Wildman–Crippen LogP) is 1.93. The zero-order valence-corrected chi connectivity index (χ0v) is 9.24. The van der Waals surface area contributed by atoms with E-state index in [1.807, 2.05) is 6.92 Å². The summed E-state index contributed by atoms with van der Waals surface area (Å²) in [5.74, 6) is 0. The number of hydrogen-bond donors (Lipinski definition) is 2. The van der Waals surface area contributed by atoms with Gasteiger partial charge >= 0.3 is 0 Å². The van der Waals surface area contributed by atoms with Crippen LogP contribution in [0.1, 0.15) is 5.56 Å². The van der Waals surface area contributed by atoms with Crippen molar-refractivity contribution >= 4 is 50.1 Å². The molecule has 0 aliphatic heterocycles. The number of anilines is 2. The van der Waals surface area contributed by atoms with Gasteiger partial charge in [0.2, 0.25) is 0 Å². The molecule has 4 nitrogen and oxygen atoms in total. The maximum Gasteiger partial charge on any atom is 0.121 e. The van der Waals surface area contributed by atoms with Crippen molar-refractivity contribution in [3.63, 3.8) is 0 Å². The fourth-order valence-electron chi connectivity index (χ4n) is 1.15. The summed E-state index contributed by atoms with van der Waals surface area (Å²) in [7, 11) is 0. The van der Waals surface area contributed by atoms with Gasteiger partial charge in [-0.15, -0.1) is 0 Å². The van der Waals surface area contributed by atoms with Crippen LogP contribution in [0.3, 0.4) is 0 Å². The van der Waals surface area contributed by atoms with Crippen LogP contribution >= 0.6 is 27.7 Å². The van der Waals surface area contributed by atoms with Gasteiger partial charge in [0.1, 0.15) is 11.0 Å². The van der Waals surface area contributed by atoms with Crippen LogP contribution in [0.4, 0.5) is 11.4 Å². The minimum atomic E-state index is 0.540. The molecule has 0 atom stereocenters. The molecule has 0 fully saturated rings. The molecule has 0 amide bonds. The molecule has 0 aliphatic rings. The first-order valence-electron chi connectivity index (χ1n) is 3.58. The van der Waals surface area contributed by atoms with E-state index in [2.05, 4.69) is 24.7 Å². The van der Waals surface area contributed by atoms with Crippen LogP contribution in [0, 0.1) is 6.92 Å². The lowest BCUT2D eigenvalue weighted by Crippen LogP contribution is -1.99. The van der Waals surface area contributed by atoms with Crippen LogP contribution in [-0.2, 0) is 0 Å². The summed E-state index contributed by atoms with van der Waals surface area (Å²) >= 11 is 4.50. The van der Waals surface area contributed by atoms with Crippen molar-refractivity contribution in [3.05, 3.63) is 10.0 Å². The van der Waals surface area contributed by atoms with Gasteiger partial charge in [0.05, 0.1) is 27.6 Å². The number of aryl methyl sites for hydroxylation is 1. The Labute approximate surface area is 87.4 Å². The van der Waals surface area contributed by atoms with E-state index in [0.29, 0.717) is 11.4 Å². The Bertz CT molecular complexity index is 437. The summed E-state index contributed by atoms with van der Waals surface area (Å²) in [6, 6.07) is 0. The molecule has 6 heteroatoms. The zero-order chi connectivity index (χ0) is 9.59. The van der Waals surface area contributed by atoms with Crippen LogP contribution in [0.15, 0.2) is 4.47 Å². The van der Waals surface area contributed by atoms with Crippen LogP contribution < -0.4 is 11.5 Å². The maximum atomic E-state index is 5.79. The first-order valence-corrected chi connectivity index (χ1v) is 5.10. The van der Waals surface area contributed by atoms with Crippen LogP contribution in [0.5, 0.6) is 0 Å². The standard InChI is InChI=1S/C7H7BrN4S/c1-2-4(9)5(10)3(8)7-6(2)11-13-12-7/h9-10H2,1H3. The Morgan fingerprint density at radius 1 is 1.15 bits per heavy atom. The molecule has 0 radical (unpaired) electrons. The van der Waals surface area contributed by atoms with E-state index in [4.69, 9.17) is 11.5 Å². The second-order valence-corrected chi connectivity index (χ2v) is 4.05. The molecule has 0 saturated heterocycles. The van der Waals surface area contributed by atoms with Gasteiger partial charge in [-0.2, -0.15) is 8.75 Å². The van der Waals surface area contributed by atoms with Gasteiger partial charge in [-0.3, -0.25) is 0 Å². The van der Waals surface area contributed by atoms with E-state index >= 15 is 0 Å². The molecule has 2 aromatic rings. The van der Waals surface area contributed by atoms with Crippen molar-refractivity contribution in [3.8, 4) is 0 Å². The van der Waals surface area contributed by atoms with Crippen molar-refractivity contribution in [1.29, 1.82) is 0 Å². The van der Waals surface area contributed by atoms with E-state index in [0.717, 1.165) is 32.8 Å². The number of benzene rings is 1. The van der Waals surface area contributed by atoms with Crippen LogP contribution in [0.25, 0.3) is 11.0 Å². The Hall–Kier alpha value is -0.880. The molecule has 68 valence electrons. The molecule has 4 N–H and O–H groups in total. The average Bonchev–Trinajstić information content (AvgIpc) is 2.59. The first-order chi connectivity index (χ1) is 6.13. The van der Waals surface area contributed by atoms with Gasteiger partial charge in [0, 0.05) is 5.56 Å². The number of nitrogen functional groups attached to an aromatic ring is 2. The predicted molar refractivity (Wildman–Crippen MR) is 58.7 cm³/mol. The molecular formula is C7H7BrN4S. The molecular weight excluding hydrogens is 252 g/mol. The molecule has 13 heavy (non-hydrogen) atoms. The lowest BCUT2D eigenvalue weighted by Gasteiger charge is -2.06. The second kappa shape index (κ2) is 2.81. The average molecular weight is 259 g/mol. The lowest BCUT2D eigenvalue weighted by molar-refractivity contribution is 1.47. The molecule has 0 unspecified atom stereocenters. The molecule has 1 aromatic carbocycles. The van der Waals surface area contributed by atoms with Gasteiger partial charge in [0.25, 0.3) is 0 Å². The van der Waals surface area contributed by atoms with Crippen molar-refractivity contribution in [2.75, 3.05) is 11.5 Å². The van der Waals surface area contributed by atoms with E-state index in [1.165, 1.54) is 0 Å². The third-order valence-electron chi connectivity index (χ3n) is 1.98. The van der Waals surface area contributed by atoms with Crippen LogP contribution in [0.2, 0.25) is 0 Å². The van der Waals surface area contributed by atoms with Gasteiger partial charge in [-0.25, -0.2) is 0 Å². The fourth-order valence-corrected chi connectivity index (χ4v) is 2.37. The number of halogens is 1. The SMILES string of the molecule is Cc1c(N)c(N)c(Br)c2nsnc12. The Balaban J connectivity index is 3.02. The number of nitrogens with zero attached hydrogens (tertiary/aromatic N) is 2. The third-order valence-corrected chi connectivity index (χ3v) is 3.31. The lowest BCUT2D eigenvalue weighted by atomic mass is 10.1. The third kappa shape index (κ3) is 1.09. The maximum absolute atomic E-state index is 5.79. The minimum Gasteiger partial charge on any atom is -0.397 e. The smallest absolute Gasteiger partial charge is 0.121 e. The largest absolute Gasteiger partial charge is 0.397 e. The van der Waals surface area contributed by atoms with Crippen LogP contribution in [-0.4, -0.2) is 8.75 Å². The Morgan fingerprint density at radius 2 is 1.77 bits per heavy atom. The summed E-state index contributed by atoms with van der Waals surface area (Å²) < 4.78 is 9.01. The van der Waals surface area contributed by atoms with Crippen molar-refractivity contribution in [2.24, 2.45) is 0 Å². The highest BCUT2D eigenvalue weighted by Gasteiger charge is 2.14. The molecule has 0 aliphatic carbocycles. The Kier molecular flexibility index (Phi) is 1.88. The van der Waals surface area contributed by atoms with Crippen molar-refractivity contribution in [2.45, 2.75) is 6.92 Å². The summed E-state index contributed by atoms with van der Waals surface area (Å²) in [6.45, 7) is 1.89. The minimum absolute atomic E-state index is 0.540. The number of hydrogen-bond acceptors (Lipinski definition) is 5. The molecule has 1 aromatic heterocycles. The zero-order valence-electron chi connectivity index (χ0n) is 6.84. The van der Waals surface area contributed by atoms with E-state index < -0.39 is 0 Å². The molecule has 0 spiro atoms.